The Labute approximate surface area is 209 Å². The van der Waals surface area contributed by atoms with E-state index < -0.39 is 54.7 Å². The first-order chi connectivity index (χ1) is 17.2. The molecule has 0 fully saturated rings. The number of rotatable bonds is 12. The highest BCUT2D eigenvalue weighted by molar-refractivity contribution is 6.01. The molecular weight excluding hydrogens is 470 g/mol. The van der Waals surface area contributed by atoms with Crippen LogP contribution in [0.1, 0.15) is 50.3 Å². The summed E-state index contributed by atoms with van der Waals surface area (Å²) in [5.74, 6) is -3.87. The van der Waals surface area contributed by atoms with Gasteiger partial charge in [0.05, 0.1) is 13.0 Å². The van der Waals surface area contributed by atoms with E-state index in [1.165, 1.54) is 12.4 Å². The van der Waals surface area contributed by atoms with Gasteiger partial charge in [-0.05, 0) is 11.5 Å². The lowest BCUT2D eigenvalue weighted by atomic mass is 10.0. The second-order valence-corrected chi connectivity index (χ2v) is 7.67. The highest BCUT2D eigenvalue weighted by Crippen LogP contribution is 2.05. The number of hydrogen-bond donors (Lipinski definition) is 5. The third-order valence-electron chi connectivity index (χ3n) is 4.62. The molecule has 2 atom stereocenters. The molecule has 3 amide bonds. The fraction of sp³-hybridized carbons (Fsp3) is 0.417. The number of carbonyl (C=O) groups excluding carboxylic acids is 4. The summed E-state index contributed by atoms with van der Waals surface area (Å²) in [5.41, 5.74) is 0.778. The smallest absolute Gasteiger partial charge is 0.408 e. The number of nitrogens with zero attached hydrogens (tertiary/aromatic N) is 1. The number of aromatic nitrogens is 2. The SMILES string of the molecule is CC.CC(C)C(NC(=O)OCc1ccccc1)C(=O)NCC(=O)NC(CC(=O)O)C(=O)c1ncc[nH]1. The average molecular weight is 504 g/mol. The van der Waals surface area contributed by atoms with Crippen molar-refractivity contribution in [1.82, 2.24) is 25.9 Å². The van der Waals surface area contributed by atoms with Crippen molar-refractivity contribution >= 4 is 29.7 Å². The van der Waals surface area contributed by atoms with E-state index >= 15 is 0 Å². The van der Waals surface area contributed by atoms with Crippen molar-refractivity contribution in [2.45, 2.75) is 52.8 Å². The number of ketones is 1. The number of nitrogens with one attached hydrogen (secondary N) is 4. The molecule has 12 heteroatoms. The van der Waals surface area contributed by atoms with E-state index in [4.69, 9.17) is 9.84 Å². The van der Waals surface area contributed by atoms with E-state index in [0.29, 0.717) is 0 Å². The number of benzene rings is 1. The fourth-order valence-corrected chi connectivity index (χ4v) is 2.90. The number of Topliss-reactive ketones (excluding diaryl/α,β-unsaturated/α-hetero) is 1. The molecule has 0 radical (unpaired) electrons. The van der Waals surface area contributed by atoms with Crippen LogP contribution in [0.4, 0.5) is 4.79 Å². The molecule has 196 valence electrons. The topological polar surface area (TPSA) is 180 Å². The van der Waals surface area contributed by atoms with E-state index in [0.717, 1.165) is 5.56 Å². The summed E-state index contributed by atoms with van der Waals surface area (Å²) >= 11 is 0. The van der Waals surface area contributed by atoms with Crippen LogP contribution in [-0.2, 0) is 25.7 Å². The molecule has 0 bridgehead atoms. The van der Waals surface area contributed by atoms with Gasteiger partial charge in [-0.15, -0.1) is 0 Å². The van der Waals surface area contributed by atoms with Crippen LogP contribution in [0.25, 0.3) is 0 Å². The summed E-state index contributed by atoms with van der Waals surface area (Å²) in [4.78, 5) is 66.7. The van der Waals surface area contributed by atoms with Crippen molar-refractivity contribution in [1.29, 1.82) is 0 Å². The Balaban J connectivity index is 0.00000316. The quantitative estimate of drug-likeness (QED) is 0.271. The molecule has 0 saturated heterocycles. The minimum Gasteiger partial charge on any atom is -0.481 e. The predicted octanol–water partition coefficient (Wildman–Crippen LogP) is 1.65. The van der Waals surface area contributed by atoms with E-state index in [9.17, 15) is 24.0 Å². The molecule has 2 rings (SSSR count). The van der Waals surface area contributed by atoms with Crippen molar-refractivity contribution in [2.75, 3.05) is 6.54 Å². The van der Waals surface area contributed by atoms with Gasteiger partial charge in [0.25, 0.3) is 0 Å². The molecule has 1 heterocycles. The molecule has 0 aliphatic carbocycles. The van der Waals surface area contributed by atoms with Crippen LogP contribution in [0.5, 0.6) is 0 Å². The Morgan fingerprint density at radius 3 is 2.28 bits per heavy atom. The largest absolute Gasteiger partial charge is 0.481 e. The number of amides is 3. The number of ether oxygens (including phenoxy) is 1. The number of aromatic amines is 1. The van der Waals surface area contributed by atoms with E-state index in [1.54, 1.807) is 38.1 Å². The number of alkyl carbamates (subject to hydrolysis) is 1. The zero-order chi connectivity index (χ0) is 27.1. The summed E-state index contributed by atoms with van der Waals surface area (Å²) in [6.07, 6.45) is 1.24. The number of imidazole rings is 1. The first-order valence-electron chi connectivity index (χ1n) is 11.5. The molecule has 5 N–H and O–H groups in total. The van der Waals surface area contributed by atoms with Gasteiger partial charge in [0.15, 0.2) is 5.82 Å². The third-order valence-corrected chi connectivity index (χ3v) is 4.62. The number of carbonyl (C=O) groups is 5. The van der Waals surface area contributed by atoms with Crippen molar-refractivity contribution in [2.24, 2.45) is 5.92 Å². The van der Waals surface area contributed by atoms with Crippen molar-refractivity contribution in [3.63, 3.8) is 0 Å². The maximum absolute atomic E-state index is 12.5. The molecule has 0 spiro atoms. The molecule has 1 aromatic carbocycles. The number of H-pyrrole nitrogens is 1. The van der Waals surface area contributed by atoms with Crippen LogP contribution in [0.2, 0.25) is 0 Å². The summed E-state index contributed by atoms with van der Waals surface area (Å²) in [6, 6.07) is 6.63. The van der Waals surface area contributed by atoms with Gasteiger partial charge in [-0.25, -0.2) is 9.78 Å². The van der Waals surface area contributed by atoms with Gasteiger partial charge in [0, 0.05) is 12.4 Å². The van der Waals surface area contributed by atoms with Crippen LogP contribution >= 0.6 is 0 Å². The van der Waals surface area contributed by atoms with Gasteiger partial charge in [0.2, 0.25) is 17.6 Å². The Kier molecular flexibility index (Phi) is 12.9. The molecule has 0 saturated carbocycles. The number of carboxylic acid groups (broad SMARTS) is 1. The molecule has 0 aliphatic rings. The molecule has 12 nitrogen and oxygen atoms in total. The Hall–Kier alpha value is -4.22. The van der Waals surface area contributed by atoms with Gasteiger partial charge < -0.3 is 30.8 Å². The summed E-state index contributed by atoms with van der Waals surface area (Å²) in [6.45, 7) is 6.89. The lowest BCUT2D eigenvalue weighted by Gasteiger charge is -2.21. The van der Waals surface area contributed by atoms with Crippen LogP contribution in [-0.4, -0.2) is 63.4 Å². The highest BCUT2D eigenvalue weighted by Gasteiger charge is 2.28. The maximum atomic E-state index is 12.5. The van der Waals surface area contributed by atoms with Gasteiger partial charge >= 0.3 is 12.1 Å². The molecule has 0 aliphatic heterocycles. The monoisotopic (exact) mass is 503 g/mol. The summed E-state index contributed by atoms with van der Waals surface area (Å²) < 4.78 is 5.12. The lowest BCUT2D eigenvalue weighted by molar-refractivity contribution is -0.137. The van der Waals surface area contributed by atoms with Crippen molar-refractivity contribution in [3.05, 3.63) is 54.1 Å². The zero-order valence-electron chi connectivity index (χ0n) is 20.7. The van der Waals surface area contributed by atoms with Crippen LogP contribution < -0.4 is 16.0 Å². The molecule has 36 heavy (non-hydrogen) atoms. The average Bonchev–Trinajstić information content (AvgIpc) is 3.40. The lowest BCUT2D eigenvalue weighted by Crippen LogP contribution is -2.52. The number of carboxylic acids is 1. The molecule has 1 aromatic heterocycles. The summed E-state index contributed by atoms with van der Waals surface area (Å²) in [5, 5.41) is 16.2. The Morgan fingerprint density at radius 2 is 1.72 bits per heavy atom. The van der Waals surface area contributed by atoms with E-state index in [1.807, 2.05) is 19.9 Å². The Bertz CT molecular complexity index is 994. The van der Waals surface area contributed by atoms with Gasteiger partial charge in [0.1, 0.15) is 18.7 Å². The second kappa shape index (κ2) is 15.6. The van der Waals surface area contributed by atoms with Gasteiger partial charge in [-0.1, -0.05) is 58.0 Å². The predicted molar refractivity (Wildman–Crippen MR) is 130 cm³/mol. The normalized spacial score (nSPS) is 11.8. The molecule has 2 unspecified atom stereocenters. The van der Waals surface area contributed by atoms with Crippen molar-refractivity contribution in [3.8, 4) is 0 Å². The first-order valence-corrected chi connectivity index (χ1v) is 11.5. The third kappa shape index (κ3) is 10.4. The van der Waals surface area contributed by atoms with E-state index in [-0.39, 0.29) is 18.3 Å². The molecular formula is C24H33N5O7. The zero-order valence-corrected chi connectivity index (χ0v) is 20.7. The standard InChI is InChI=1S/C22H27N5O7.C2H6/c1-13(2)18(27-22(33)34-12-14-6-4-3-5-7-14)21(32)25-11-16(28)26-15(10-17(29)30)19(31)20-23-8-9-24-20;1-2/h3-9,13,15,18H,10-12H2,1-2H3,(H,23,24)(H,25,32)(H,26,28)(H,27,33)(H,29,30);1-2H3. The second-order valence-electron chi connectivity index (χ2n) is 7.67. The summed E-state index contributed by atoms with van der Waals surface area (Å²) in [7, 11) is 0. The van der Waals surface area contributed by atoms with Gasteiger partial charge in [-0.2, -0.15) is 0 Å². The van der Waals surface area contributed by atoms with Crippen LogP contribution in [0, 0.1) is 5.92 Å². The Morgan fingerprint density at radius 1 is 1.06 bits per heavy atom. The minimum atomic E-state index is -1.37. The number of hydrogen-bond acceptors (Lipinski definition) is 7. The van der Waals surface area contributed by atoms with Crippen LogP contribution in [0.3, 0.4) is 0 Å². The van der Waals surface area contributed by atoms with E-state index in [2.05, 4.69) is 25.9 Å². The van der Waals surface area contributed by atoms with Crippen molar-refractivity contribution < 1.29 is 33.8 Å². The van der Waals surface area contributed by atoms with Crippen LogP contribution in [0.15, 0.2) is 42.7 Å². The minimum absolute atomic E-state index is 0.0240. The maximum Gasteiger partial charge on any atom is 0.408 e. The molecule has 2 aromatic rings. The highest BCUT2D eigenvalue weighted by atomic mass is 16.5. The first kappa shape index (κ1) is 29.8. The number of aliphatic carboxylic acids is 1. The fourth-order valence-electron chi connectivity index (χ4n) is 2.90. The van der Waals surface area contributed by atoms with Gasteiger partial charge in [-0.3, -0.25) is 19.2 Å².